The largest absolute Gasteiger partial charge is 0.482 e. The first kappa shape index (κ1) is 12.7. The van der Waals surface area contributed by atoms with Gasteiger partial charge in [-0.25, -0.2) is 0 Å². The maximum Gasteiger partial charge on any atom is 0.262 e. The Balaban J connectivity index is 2.00. The number of ether oxygens (including phenoxy) is 1. The van der Waals surface area contributed by atoms with Crippen molar-refractivity contribution in [2.45, 2.75) is 19.8 Å². The quantitative estimate of drug-likeness (QED) is 0.910. The van der Waals surface area contributed by atoms with Crippen LogP contribution in [0.25, 0.3) is 11.3 Å². The summed E-state index contributed by atoms with van der Waals surface area (Å²) in [6.07, 6.45) is 1.82. The lowest BCUT2D eigenvalue weighted by Crippen LogP contribution is -2.25. The van der Waals surface area contributed by atoms with Gasteiger partial charge in [-0.1, -0.05) is 13.8 Å². The zero-order chi connectivity index (χ0) is 14.1. The fraction of sp³-hybridized carbons (Fsp3) is 0.250. The molecule has 0 unspecified atom stereocenters. The van der Waals surface area contributed by atoms with Crippen molar-refractivity contribution < 1.29 is 9.53 Å². The van der Waals surface area contributed by atoms with Crippen LogP contribution in [-0.2, 0) is 4.79 Å². The number of pyridine rings is 1. The molecule has 1 aliphatic heterocycles. The molecule has 1 aliphatic rings. The topological polar surface area (TPSA) is 51.2 Å². The van der Waals surface area contributed by atoms with E-state index in [0.717, 1.165) is 11.3 Å². The Kier molecular flexibility index (Phi) is 3.14. The highest BCUT2D eigenvalue weighted by Crippen LogP contribution is 2.32. The minimum atomic E-state index is -0.126. The minimum absolute atomic E-state index is 0.0768. The van der Waals surface area contributed by atoms with Crippen LogP contribution in [0.5, 0.6) is 5.75 Å². The number of carbonyl (C=O) groups excluding carboxylic acids is 1. The third kappa shape index (κ3) is 2.37. The Morgan fingerprint density at radius 2 is 2.10 bits per heavy atom. The molecule has 1 N–H and O–H groups in total. The summed E-state index contributed by atoms with van der Waals surface area (Å²) in [5, 5.41) is 2.82. The van der Waals surface area contributed by atoms with Gasteiger partial charge in [0.25, 0.3) is 5.91 Å². The molecule has 0 spiro atoms. The molecule has 0 saturated carbocycles. The lowest BCUT2D eigenvalue weighted by molar-refractivity contribution is -0.118. The minimum Gasteiger partial charge on any atom is -0.482 e. The van der Waals surface area contributed by atoms with E-state index in [2.05, 4.69) is 30.2 Å². The van der Waals surface area contributed by atoms with Crippen LogP contribution < -0.4 is 10.1 Å². The summed E-state index contributed by atoms with van der Waals surface area (Å²) < 4.78 is 5.36. The zero-order valence-electron chi connectivity index (χ0n) is 11.5. The van der Waals surface area contributed by atoms with Crippen molar-refractivity contribution in [2.24, 2.45) is 0 Å². The second-order valence-corrected chi connectivity index (χ2v) is 5.18. The van der Waals surface area contributed by atoms with E-state index >= 15 is 0 Å². The average Bonchev–Trinajstić information content (AvgIpc) is 2.46. The molecule has 1 aromatic heterocycles. The Bertz CT molecular complexity index is 665. The van der Waals surface area contributed by atoms with Crippen LogP contribution in [-0.4, -0.2) is 17.5 Å². The van der Waals surface area contributed by atoms with Gasteiger partial charge in [0.2, 0.25) is 0 Å². The summed E-state index contributed by atoms with van der Waals surface area (Å²) in [5.41, 5.74) is 3.82. The fourth-order valence-electron chi connectivity index (χ4n) is 2.21. The molecule has 2 aromatic rings. The van der Waals surface area contributed by atoms with Crippen molar-refractivity contribution in [3.8, 4) is 17.0 Å². The predicted octanol–water partition coefficient (Wildman–Crippen LogP) is 3.20. The molecule has 4 nitrogen and oxygen atoms in total. The van der Waals surface area contributed by atoms with E-state index in [1.165, 1.54) is 5.56 Å². The summed E-state index contributed by atoms with van der Waals surface area (Å²) in [6, 6.07) is 9.84. The van der Waals surface area contributed by atoms with E-state index in [1.54, 1.807) is 0 Å². The summed E-state index contributed by atoms with van der Waals surface area (Å²) in [5.74, 6) is 1.03. The summed E-state index contributed by atoms with van der Waals surface area (Å²) in [6.45, 7) is 4.38. The Labute approximate surface area is 117 Å². The van der Waals surface area contributed by atoms with Gasteiger partial charge >= 0.3 is 0 Å². The SMILES string of the molecule is CC(C)c1ccnc(-c2ccc3c(c2)NC(=O)CO3)c1. The molecule has 0 saturated heterocycles. The zero-order valence-corrected chi connectivity index (χ0v) is 11.5. The van der Waals surface area contributed by atoms with Gasteiger partial charge < -0.3 is 10.1 Å². The molecule has 2 heterocycles. The molecule has 0 aliphatic carbocycles. The molecule has 0 bridgehead atoms. The molecule has 3 rings (SSSR count). The standard InChI is InChI=1S/C16H16N2O2/c1-10(2)11-5-6-17-13(7-11)12-3-4-15-14(8-12)18-16(19)9-20-15/h3-8,10H,9H2,1-2H3,(H,18,19). The molecule has 4 heteroatoms. The van der Waals surface area contributed by atoms with Gasteiger partial charge in [-0.05, 0) is 41.8 Å². The first-order valence-corrected chi connectivity index (χ1v) is 6.66. The van der Waals surface area contributed by atoms with Crippen LogP contribution in [0.4, 0.5) is 5.69 Å². The van der Waals surface area contributed by atoms with E-state index in [9.17, 15) is 4.79 Å². The smallest absolute Gasteiger partial charge is 0.262 e. The lowest BCUT2D eigenvalue weighted by Gasteiger charge is -2.18. The van der Waals surface area contributed by atoms with Gasteiger partial charge in [0, 0.05) is 11.8 Å². The molecule has 0 radical (unpaired) electrons. The maximum atomic E-state index is 11.4. The molecule has 102 valence electrons. The van der Waals surface area contributed by atoms with Crippen LogP contribution in [0.3, 0.4) is 0 Å². The highest BCUT2D eigenvalue weighted by molar-refractivity contribution is 5.96. The summed E-state index contributed by atoms with van der Waals surface area (Å²) in [7, 11) is 0. The third-order valence-electron chi connectivity index (χ3n) is 3.36. The van der Waals surface area contributed by atoms with E-state index in [0.29, 0.717) is 17.4 Å². The number of rotatable bonds is 2. The van der Waals surface area contributed by atoms with Crippen molar-refractivity contribution >= 4 is 11.6 Å². The Morgan fingerprint density at radius 3 is 2.90 bits per heavy atom. The summed E-state index contributed by atoms with van der Waals surface area (Å²) >= 11 is 0. The molecule has 0 fully saturated rings. The second-order valence-electron chi connectivity index (χ2n) is 5.18. The van der Waals surface area contributed by atoms with Crippen LogP contribution in [0.15, 0.2) is 36.5 Å². The molecule has 0 atom stereocenters. The van der Waals surface area contributed by atoms with Crippen LogP contribution in [0, 0.1) is 0 Å². The van der Waals surface area contributed by atoms with Crippen molar-refractivity contribution in [3.63, 3.8) is 0 Å². The normalized spacial score (nSPS) is 13.7. The molecular weight excluding hydrogens is 252 g/mol. The third-order valence-corrected chi connectivity index (χ3v) is 3.36. The maximum absolute atomic E-state index is 11.4. The Morgan fingerprint density at radius 1 is 1.25 bits per heavy atom. The van der Waals surface area contributed by atoms with E-state index in [1.807, 2.05) is 30.5 Å². The fourth-order valence-corrected chi connectivity index (χ4v) is 2.21. The number of hydrogen-bond donors (Lipinski definition) is 1. The highest BCUT2D eigenvalue weighted by Gasteiger charge is 2.16. The molecular formula is C16H16N2O2. The highest BCUT2D eigenvalue weighted by atomic mass is 16.5. The van der Waals surface area contributed by atoms with Crippen LogP contribution in [0.1, 0.15) is 25.3 Å². The molecule has 1 amide bonds. The van der Waals surface area contributed by atoms with Gasteiger partial charge in [0.15, 0.2) is 6.61 Å². The number of anilines is 1. The first-order valence-electron chi connectivity index (χ1n) is 6.66. The van der Waals surface area contributed by atoms with Gasteiger partial charge in [0.1, 0.15) is 5.75 Å². The number of aromatic nitrogens is 1. The van der Waals surface area contributed by atoms with Gasteiger partial charge in [-0.15, -0.1) is 0 Å². The number of hydrogen-bond acceptors (Lipinski definition) is 3. The van der Waals surface area contributed by atoms with E-state index < -0.39 is 0 Å². The predicted molar refractivity (Wildman–Crippen MR) is 77.9 cm³/mol. The number of nitrogens with zero attached hydrogens (tertiary/aromatic N) is 1. The summed E-state index contributed by atoms with van der Waals surface area (Å²) in [4.78, 5) is 15.8. The second kappa shape index (κ2) is 4.96. The van der Waals surface area contributed by atoms with Gasteiger partial charge in [-0.3, -0.25) is 9.78 Å². The van der Waals surface area contributed by atoms with Crippen molar-refractivity contribution in [2.75, 3.05) is 11.9 Å². The number of benzene rings is 1. The van der Waals surface area contributed by atoms with Crippen molar-refractivity contribution in [3.05, 3.63) is 42.1 Å². The lowest BCUT2D eigenvalue weighted by atomic mass is 10.0. The van der Waals surface area contributed by atoms with Crippen molar-refractivity contribution in [1.82, 2.24) is 4.98 Å². The number of fused-ring (bicyclic) bond motifs is 1. The number of nitrogens with one attached hydrogen (secondary N) is 1. The van der Waals surface area contributed by atoms with Crippen LogP contribution in [0.2, 0.25) is 0 Å². The van der Waals surface area contributed by atoms with Crippen molar-refractivity contribution in [1.29, 1.82) is 0 Å². The first-order chi connectivity index (χ1) is 9.63. The van der Waals surface area contributed by atoms with Gasteiger partial charge in [-0.2, -0.15) is 0 Å². The number of amides is 1. The van der Waals surface area contributed by atoms with Crippen LogP contribution >= 0.6 is 0 Å². The Hall–Kier alpha value is -2.36. The monoisotopic (exact) mass is 268 g/mol. The van der Waals surface area contributed by atoms with Gasteiger partial charge in [0.05, 0.1) is 11.4 Å². The molecule has 20 heavy (non-hydrogen) atoms. The average molecular weight is 268 g/mol. The van der Waals surface area contributed by atoms with E-state index in [-0.39, 0.29) is 12.5 Å². The van der Waals surface area contributed by atoms with E-state index in [4.69, 9.17) is 4.74 Å². The molecule has 1 aromatic carbocycles. The number of carbonyl (C=O) groups is 1.